The summed E-state index contributed by atoms with van der Waals surface area (Å²) in [6, 6.07) is -1.20. The molecule has 2 fully saturated rings. The molecule has 3 unspecified atom stereocenters. The topological polar surface area (TPSA) is 220 Å². The molecule has 2 heterocycles. The molecule has 2 saturated heterocycles. The highest BCUT2D eigenvalue weighted by Crippen LogP contribution is 2.19. The van der Waals surface area contributed by atoms with Crippen LogP contribution in [0.2, 0.25) is 0 Å². The summed E-state index contributed by atoms with van der Waals surface area (Å²) in [7, 11) is -10.4. The zero-order valence-corrected chi connectivity index (χ0v) is 16.0. The summed E-state index contributed by atoms with van der Waals surface area (Å²) in [6.07, 6.45) is -2.54. The van der Waals surface area contributed by atoms with Gasteiger partial charge in [-0.1, -0.05) is 0 Å². The highest BCUT2D eigenvalue weighted by Gasteiger charge is 2.44. The summed E-state index contributed by atoms with van der Waals surface area (Å²) >= 11 is 0. The van der Waals surface area contributed by atoms with Gasteiger partial charge in [0.25, 0.3) is 20.2 Å². The van der Waals surface area contributed by atoms with Crippen molar-refractivity contribution in [2.45, 2.75) is 36.3 Å². The first-order valence-corrected chi connectivity index (χ1v) is 10.5. The SMILES string of the molecule is CC1CN2OC(=O)C(S(=O)(=O)O)CC(=O)ON1OC(=O)CC(S(=O)(=O)O)C(=O)O2. The Morgan fingerprint density at radius 3 is 1.52 bits per heavy atom. The fraction of sp³-hybridized carbons (Fsp3) is 0.636. The minimum atomic E-state index is -5.21. The van der Waals surface area contributed by atoms with Crippen LogP contribution in [0.1, 0.15) is 19.8 Å². The molecule has 0 aliphatic carbocycles. The number of nitrogens with zero attached hydrogens (tertiary/aromatic N) is 2. The zero-order valence-electron chi connectivity index (χ0n) is 14.4. The Morgan fingerprint density at radius 1 is 0.793 bits per heavy atom. The molecule has 164 valence electrons. The number of hydrogen-bond acceptors (Lipinski definition) is 14. The lowest BCUT2D eigenvalue weighted by Crippen LogP contribution is -2.51. The molecule has 2 rings (SSSR count). The van der Waals surface area contributed by atoms with E-state index in [4.69, 9.17) is 9.11 Å². The maximum Gasteiger partial charge on any atom is 0.350 e. The Labute approximate surface area is 162 Å². The number of rotatable bonds is 2. The van der Waals surface area contributed by atoms with E-state index < -0.39 is 80.0 Å². The van der Waals surface area contributed by atoms with E-state index in [9.17, 15) is 36.0 Å². The molecule has 29 heavy (non-hydrogen) atoms. The first-order chi connectivity index (χ1) is 13.2. The van der Waals surface area contributed by atoms with E-state index in [1.807, 2.05) is 0 Å². The third-order valence-electron chi connectivity index (χ3n) is 3.49. The second kappa shape index (κ2) is 8.16. The van der Waals surface area contributed by atoms with Crippen molar-refractivity contribution >= 4 is 44.1 Å². The molecule has 2 aliphatic rings. The first kappa shape index (κ1) is 22.9. The van der Waals surface area contributed by atoms with Gasteiger partial charge in [-0.25, -0.2) is 9.59 Å². The molecule has 3 atom stereocenters. The van der Waals surface area contributed by atoms with E-state index in [2.05, 4.69) is 19.4 Å². The summed E-state index contributed by atoms with van der Waals surface area (Å²) in [5, 5.41) is -4.78. The molecule has 0 radical (unpaired) electrons. The quantitative estimate of drug-likeness (QED) is 0.394. The molecule has 2 aliphatic heterocycles. The lowest BCUT2D eigenvalue weighted by molar-refractivity contribution is -0.376. The average Bonchev–Trinajstić information content (AvgIpc) is 2.53. The van der Waals surface area contributed by atoms with E-state index in [-0.39, 0.29) is 10.5 Å². The number of hydrogen-bond donors (Lipinski definition) is 2. The molecule has 0 spiro atoms. The second-order valence-electron chi connectivity index (χ2n) is 5.81. The van der Waals surface area contributed by atoms with Gasteiger partial charge in [0.05, 0.1) is 19.4 Å². The van der Waals surface area contributed by atoms with Gasteiger partial charge in [-0.2, -0.15) is 16.8 Å². The molecule has 0 amide bonds. The van der Waals surface area contributed by atoms with Gasteiger partial charge in [0.2, 0.25) is 0 Å². The predicted octanol–water partition coefficient (Wildman–Crippen LogP) is -2.87. The van der Waals surface area contributed by atoms with Crippen LogP contribution in [-0.2, 0) is 58.8 Å². The second-order valence-corrected chi connectivity index (χ2v) is 9.01. The number of carbonyl (C=O) groups is 4. The number of carbonyl (C=O) groups excluding carboxylic acids is 4. The van der Waals surface area contributed by atoms with Gasteiger partial charge in [0.1, 0.15) is 6.04 Å². The van der Waals surface area contributed by atoms with Crippen molar-refractivity contribution in [3.05, 3.63) is 0 Å². The third-order valence-corrected chi connectivity index (χ3v) is 5.65. The average molecular weight is 462 g/mol. The molecule has 2 bridgehead atoms. The van der Waals surface area contributed by atoms with Crippen LogP contribution < -0.4 is 0 Å². The lowest BCUT2D eigenvalue weighted by atomic mass is 10.3. The lowest BCUT2D eigenvalue weighted by Gasteiger charge is -2.31. The van der Waals surface area contributed by atoms with Crippen molar-refractivity contribution in [3.63, 3.8) is 0 Å². The molecule has 18 heteroatoms. The van der Waals surface area contributed by atoms with Crippen molar-refractivity contribution in [3.8, 4) is 0 Å². The van der Waals surface area contributed by atoms with Crippen LogP contribution in [0.25, 0.3) is 0 Å². The third kappa shape index (κ3) is 5.81. The molecule has 2 N–H and O–H groups in total. The van der Waals surface area contributed by atoms with E-state index in [0.29, 0.717) is 0 Å². The van der Waals surface area contributed by atoms with Crippen LogP contribution in [0, 0.1) is 0 Å². The summed E-state index contributed by atoms with van der Waals surface area (Å²) in [4.78, 5) is 66.2. The van der Waals surface area contributed by atoms with Crippen molar-refractivity contribution in [1.82, 2.24) is 10.5 Å². The van der Waals surface area contributed by atoms with Gasteiger partial charge in [0, 0.05) is 10.5 Å². The normalized spacial score (nSPS) is 32.4. The summed E-state index contributed by atoms with van der Waals surface area (Å²) in [5.41, 5.74) is 0. The number of fused-ring (bicyclic) bond motifs is 3. The standard InChI is InChI=1S/C11H14N2O14S2/c1-5-4-12-26-10(16)6(28(18,19)20)2-8(14)24-13(5)25-9(15)3-7(11(17)27-12)29(21,22)23/h5-7H,2-4H2,1H3,(H,18,19,20)(H,21,22,23). The van der Waals surface area contributed by atoms with Gasteiger partial charge in [-0.15, -0.1) is 0 Å². The van der Waals surface area contributed by atoms with Crippen LogP contribution in [-0.4, -0.2) is 83.4 Å². The van der Waals surface area contributed by atoms with Crippen LogP contribution in [0.5, 0.6) is 0 Å². The maximum absolute atomic E-state index is 12.0. The molecule has 0 saturated carbocycles. The Hall–Kier alpha value is -2.38. The van der Waals surface area contributed by atoms with E-state index >= 15 is 0 Å². The smallest absolute Gasteiger partial charge is 0.333 e. The van der Waals surface area contributed by atoms with Crippen molar-refractivity contribution in [1.29, 1.82) is 0 Å². The summed E-state index contributed by atoms with van der Waals surface area (Å²) in [5.74, 6) is -6.43. The van der Waals surface area contributed by atoms with Crippen LogP contribution in [0.4, 0.5) is 0 Å². The zero-order chi connectivity index (χ0) is 22.1. The Morgan fingerprint density at radius 2 is 1.17 bits per heavy atom. The molecule has 0 aromatic rings. The minimum Gasteiger partial charge on any atom is -0.333 e. The van der Waals surface area contributed by atoms with E-state index in [1.54, 1.807) is 0 Å². The van der Waals surface area contributed by atoms with Gasteiger partial charge in [-0.3, -0.25) is 18.7 Å². The van der Waals surface area contributed by atoms with Gasteiger partial charge < -0.3 is 19.4 Å². The highest BCUT2D eigenvalue weighted by atomic mass is 32.2. The van der Waals surface area contributed by atoms with Crippen molar-refractivity contribution in [2.24, 2.45) is 0 Å². The van der Waals surface area contributed by atoms with Gasteiger partial charge in [-0.05, 0) is 6.92 Å². The van der Waals surface area contributed by atoms with Crippen LogP contribution in [0.15, 0.2) is 0 Å². The van der Waals surface area contributed by atoms with E-state index in [0.717, 1.165) is 0 Å². The summed E-state index contributed by atoms with van der Waals surface area (Å²) < 4.78 is 63.7. The van der Waals surface area contributed by atoms with Crippen molar-refractivity contribution < 1.29 is 64.5 Å². The van der Waals surface area contributed by atoms with Crippen LogP contribution >= 0.6 is 0 Å². The Balaban J connectivity index is 2.49. The fourth-order valence-electron chi connectivity index (χ4n) is 2.09. The monoisotopic (exact) mass is 462 g/mol. The molecular formula is C11H14N2O14S2. The molecule has 0 aromatic heterocycles. The molecule has 16 nitrogen and oxygen atoms in total. The van der Waals surface area contributed by atoms with E-state index in [1.165, 1.54) is 6.92 Å². The number of hydroxylamine groups is 4. The molecule has 0 aromatic carbocycles. The minimum absolute atomic E-state index is 0.0248. The summed E-state index contributed by atoms with van der Waals surface area (Å²) in [6.45, 7) is 0.466. The van der Waals surface area contributed by atoms with Gasteiger partial charge >= 0.3 is 23.9 Å². The maximum atomic E-state index is 12.0. The first-order valence-electron chi connectivity index (χ1n) is 7.53. The van der Waals surface area contributed by atoms with Crippen LogP contribution in [0.3, 0.4) is 0 Å². The van der Waals surface area contributed by atoms with Gasteiger partial charge in [0.15, 0.2) is 10.5 Å². The fourth-order valence-corrected chi connectivity index (χ4v) is 3.36. The Kier molecular flexibility index (Phi) is 6.45. The Bertz CT molecular complexity index is 857. The highest BCUT2D eigenvalue weighted by molar-refractivity contribution is 7.87. The predicted molar refractivity (Wildman–Crippen MR) is 82.3 cm³/mol. The van der Waals surface area contributed by atoms with Crippen molar-refractivity contribution in [2.75, 3.05) is 6.54 Å². The largest absolute Gasteiger partial charge is 0.350 e. The molecular weight excluding hydrogens is 448 g/mol.